The zero-order valence-corrected chi connectivity index (χ0v) is 10.0. The summed E-state index contributed by atoms with van der Waals surface area (Å²) < 4.78 is 0.771. The molecule has 1 aliphatic heterocycles. The van der Waals surface area contributed by atoms with Crippen LogP contribution in [0.3, 0.4) is 0 Å². The van der Waals surface area contributed by atoms with Gasteiger partial charge in [-0.15, -0.1) is 0 Å². The van der Waals surface area contributed by atoms with Crippen LogP contribution in [0.25, 0.3) is 0 Å². The Bertz CT molecular complexity index is 459. The van der Waals surface area contributed by atoms with Crippen molar-refractivity contribution in [2.45, 2.75) is 12.8 Å². The molecule has 5 heteroatoms. The van der Waals surface area contributed by atoms with E-state index in [-0.39, 0.29) is 5.78 Å². The van der Waals surface area contributed by atoms with Crippen molar-refractivity contribution < 1.29 is 14.7 Å². The van der Waals surface area contributed by atoms with Gasteiger partial charge in [0.15, 0.2) is 5.78 Å². The smallest absolute Gasteiger partial charge is 0.411 e. The van der Waals surface area contributed by atoms with Crippen LogP contribution >= 0.6 is 15.9 Å². The van der Waals surface area contributed by atoms with E-state index in [0.717, 1.165) is 4.47 Å². The lowest BCUT2D eigenvalue weighted by atomic mass is 10.1. The van der Waals surface area contributed by atoms with Gasteiger partial charge in [0, 0.05) is 23.0 Å². The Morgan fingerprint density at radius 2 is 2.19 bits per heavy atom. The lowest BCUT2D eigenvalue weighted by Crippen LogP contribution is -2.29. The first-order valence-electron chi connectivity index (χ1n) is 4.93. The predicted molar refractivity (Wildman–Crippen MR) is 63.1 cm³/mol. The maximum atomic E-state index is 11.8. The van der Waals surface area contributed by atoms with Gasteiger partial charge in [0.05, 0.1) is 5.69 Å². The van der Waals surface area contributed by atoms with E-state index in [4.69, 9.17) is 5.11 Å². The molecule has 4 nitrogen and oxygen atoms in total. The highest BCUT2D eigenvalue weighted by atomic mass is 79.9. The molecular weight excluding hydrogens is 274 g/mol. The van der Waals surface area contributed by atoms with Crippen LogP contribution in [0.2, 0.25) is 0 Å². The van der Waals surface area contributed by atoms with Gasteiger partial charge in [-0.1, -0.05) is 15.9 Å². The average Bonchev–Trinajstić information content (AvgIpc) is 2.38. The molecule has 1 heterocycles. The normalized spacial score (nSPS) is 15.6. The van der Waals surface area contributed by atoms with Gasteiger partial charge < -0.3 is 5.11 Å². The first kappa shape index (κ1) is 11.1. The Labute approximate surface area is 101 Å². The maximum absolute atomic E-state index is 11.8. The quantitative estimate of drug-likeness (QED) is 0.797. The van der Waals surface area contributed by atoms with Gasteiger partial charge in [0.25, 0.3) is 0 Å². The Kier molecular flexibility index (Phi) is 2.96. The molecule has 1 amide bonds. The second-order valence-electron chi connectivity index (χ2n) is 3.62. The number of fused-ring (bicyclic) bond motifs is 1. The van der Waals surface area contributed by atoms with Gasteiger partial charge in [0.1, 0.15) is 0 Å². The van der Waals surface area contributed by atoms with E-state index in [1.807, 2.05) is 0 Å². The molecule has 0 aliphatic carbocycles. The van der Waals surface area contributed by atoms with Crippen LogP contribution in [0.15, 0.2) is 22.7 Å². The van der Waals surface area contributed by atoms with Crippen LogP contribution in [0.4, 0.5) is 10.5 Å². The summed E-state index contributed by atoms with van der Waals surface area (Å²) in [7, 11) is 0. The van der Waals surface area contributed by atoms with Gasteiger partial charge in [-0.05, 0) is 24.6 Å². The molecule has 16 heavy (non-hydrogen) atoms. The summed E-state index contributed by atoms with van der Waals surface area (Å²) in [6, 6.07) is 5.10. The number of halogens is 1. The van der Waals surface area contributed by atoms with E-state index in [1.165, 1.54) is 4.90 Å². The minimum atomic E-state index is -1.02. The van der Waals surface area contributed by atoms with Crippen molar-refractivity contribution >= 4 is 33.5 Å². The molecule has 1 aliphatic rings. The molecule has 2 rings (SSSR count). The number of hydrogen-bond acceptors (Lipinski definition) is 2. The number of rotatable bonds is 0. The van der Waals surface area contributed by atoms with Crippen molar-refractivity contribution in [1.82, 2.24) is 0 Å². The van der Waals surface area contributed by atoms with Crippen molar-refractivity contribution in [2.75, 3.05) is 11.4 Å². The van der Waals surface area contributed by atoms with Crippen molar-refractivity contribution in [1.29, 1.82) is 0 Å². The third kappa shape index (κ3) is 1.95. The number of ketones is 1. The van der Waals surface area contributed by atoms with Crippen LogP contribution in [0.5, 0.6) is 0 Å². The largest absolute Gasteiger partial charge is 0.465 e. The molecule has 1 N–H and O–H groups in total. The number of carboxylic acid groups (broad SMARTS) is 1. The topological polar surface area (TPSA) is 57.6 Å². The lowest BCUT2D eigenvalue weighted by molar-refractivity contribution is 0.0983. The summed E-state index contributed by atoms with van der Waals surface area (Å²) in [5, 5.41) is 9.09. The van der Waals surface area contributed by atoms with Gasteiger partial charge in [-0.2, -0.15) is 0 Å². The van der Waals surface area contributed by atoms with Crippen molar-refractivity contribution in [2.24, 2.45) is 0 Å². The maximum Gasteiger partial charge on any atom is 0.411 e. The van der Waals surface area contributed by atoms with E-state index in [0.29, 0.717) is 30.6 Å². The minimum Gasteiger partial charge on any atom is -0.465 e. The first-order chi connectivity index (χ1) is 7.59. The lowest BCUT2D eigenvalue weighted by Gasteiger charge is -2.18. The molecule has 0 unspecified atom stereocenters. The molecule has 0 saturated heterocycles. The summed E-state index contributed by atoms with van der Waals surface area (Å²) in [4.78, 5) is 24.1. The molecule has 1 aromatic carbocycles. The van der Waals surface area contributed by atoms with Gasteiger partial charge in [-0.25, -0.2) is 4.79 Å². The molecule has 84 valence electrons. The predicted octanol–water partition coefficient (Wildman–Crippen LogP) is 2.91. The van der Waals surface area contributed by atoms with Crippen LogP contribution < -0.4 is 4.90 Å². The number of benzene rings is 1. The molecule has 0 atom stereocenters. The van der Waals surface area contributed by atoms with E-state index in [2.05, 4.69) is 15.9 Å². The van der Waals surface area contributed by atoms with Gasteiger partial charge in [0.2, 0.25) is 0 Å². The molecule has 0 saturated carbocycles. The van der Waals surface area contributed by atoms with E-state index >= 15 is 0 Å². The number of anilines is 1. The Balaban J connectivity index is 2.57. The SMILES string of the molecule is O=C1CCCN(C(=O)O)c2cc(Br)ccc21. The first-order valence-corrected chi connectivity index (χ1v) is 5.72. The standard InChI is InChI=1S/C11H10BrNO3/c12-7-3-4-8-9(6-7)13(11(15)16)5-1-2-10(8)14/h3-4,6H,1-2,5H2,(H,15,16). The summed E-state index contributed by atoms with van der Waals surface area (Å²) in [5.74, 6) is 0.00579. The number of carbonyl (C=O) groups excluding carboxylic acids is 1. The van der Waals surface area contributed by atoms with Crippen molar-refractivity contribution in [3.63, 3.8) is 0 Å². The Morgan fingerprint density at radius 3 is 2.88 bits per heavy atom. The fourth-order valence-electron chi connectivity index (χ4n) is 1.82. The summed E-state index contributed by atoms with van der Waals surface area (Å²) in [6.07, 6.45) is -0.0513. The van der Waals surface area contributed by atoms with E-state index in [1.54, 1.807) is 18.2 Å². The second kappa shape index (κ2) is 4.25. The molecule has 0 spiro atoms. The molecular formula is C11H10BrNO3. The van der Waals surface area contributed by atoms with Gasteiger partial charge >= 0.3 is 6.09 Å². The summed E-state index contributed by atoms with van der Waals surface area (Å²) in [5.41, 5.74) is 0.965. The average molecular weight is 284 g/mol. The third-order valence-electron chi connectivity index (χ3n) is 2.57. The van der Waals surface area contributed by atoms with Crippen LogP contribution in [0.1, 0.15) is 23.2 Å². The molecule has 0 aromatic heterocycles. The number of amides is 1. The highest BCUT2D eigenvalue weighted by Crippen LogP contribution is 2.29. The van der Waals surface area contributed by atoms with Crippen LogP contribution in [0, 0.1) is 0 Å². The summed E-state index contributed by atoms with van der Waals surface area (Å²) in [6.45, 7) is 0.366. The number of nitrogens with zero attached hydrogens (tertiary/aromatic N) is 1. The zero-order valence-electron chi connectivity index (χ0n) is 8.44. The van der Waals surface area contributed by atoms with E-state index < -0.39 is 6.09 Å². The molecule has 0 fully saturated rings. The molecule has 0 bridgehead atoms. The van der Waals surface area contributed by atoms with Crippen molar-refractivity contribution in [3.05, 3.63) is 28.2 Å². The van der Waals surface area contributed by atoms with Crippen LogP contribution in [-0.4, -0.2) is 23.5 Å². The Hall–Kier alpha value is -1.36. The second-order valence-corrected chi connectivity index (χ2v) is 4.54. The fraction of sp³-hybridized carbons (Fsp3) is 0.273. The number of Topliss-reactive ketones (excluding diaryl/α,β-unsaturated/α-hetero) is 1. The van der Waals surface area contributed by atoms with Crippen LogP contribution in [-0.2, 0) is 0 Å². The zero-order chi connectivity index (χ0) is 11.7. The van der Waals surface area contributed by atoms with E-state index in [9.17, 15) is 9.59 Å². The molecule has 1 aromatic rings. The minimum absolute atomic E-state index is 0.00579. The number of hydrogen-bond donors (Lipinski definition) is 1. The monoisotopic (exact) mass is 283 g/mol. The van der Waals surface area contributed by atoms with Gasteiger partial charge in [-0.3, -0.25) is 9.69 Å². The highest BCUT2D eigenvalue weighted by Gasteiger charge is 2.24. The molecule has 0 radical (unpaired) electrons. The fourth-order valence-corrected chi connectivity index (χ4v) is 2.16. The Morgan fingerprint density at radius 1 is 1.44 bits per heavy atom. The van der Waals surface area contributed by atoms with Crippen molar-refractivity contribution in [3.8, 4) is 0 Å². The highest BCUT2D eigenvalue weighted by molar-refractivity contribution is 9.10. The summed E-state index contributed by atoms with van der Waals surface area (Å²) >= 11 is 3.28. The number of carbonyl (C=O) groups is 2. The third-order valence-corrected chi connectivity index (χ3v) is 3.06.